The summed E-state index contributed by atoms with van der Waals surface area (Å²) < 4.78 is 40.4. The Morgan fingerprint density at radius 3 is 2.50 bits per heavy atom. The summed E-state index contributed by atoms with van der Waals surface area (Å²) in [5.74, 6) is 0.189. The molecule has 0 aromatic heterocycles. The molecule has 1 aromatic carbocycles. The quantitative estimate of drug-likeness (QED) is 0.621. The van der Waals surface area contributed by atoms with Gasteiger partial charge in [0.1, 0.15) is 28.0 Å². The second-order valence-corrected chi connectivity index (χ2v) is 11.8. The van der Waals surface area contributed by atoms with Crippen molar-refractivity contribution in [2.45, 2.75) is 96.3 Å². The highest BCUT2D eigenvalue weighted by atomic mass is 32.2. The molecule has 2 rings (SSSR count). The lowest BCUT2D eigenvalue weighted by Crippen LogP contribution is -2.40. The maximum Gasteiger partial charge on any atom is 0.407 e. The first-order chi connectivity index (χ1) is 13.7. The van der Waals surface area contributed by atoms with Crippen molar-refractivity contribution < 1.29 is 23.2 Å². The predicted octanol–water partition coefficient (Wildman–Crippen LogP) is 4.76. The first-order valence-electron chi connectivity index (χ1n) is 10.4. The van der Waals surface area contributed by atoms with E-state index in [0.717, 1.165) is 12.8 Å². The average Bonchev–Trinajstić information content (AvgIpc) is 3.00. The van der Waals surface area contributed by atoms with E-state index in [-0.39, 0.29) is 24.0 Å². The molecular formula is C22H35FN2O4S. The lowest BCUT2D eigenvalue weighted by atomic mass is 10.1. The fraction of sp³-hybridized carbons (Fsp3) is 0.682. The average molecular weight is 443 g/mol. The Morgan fingerprint density at radius 2 is 1.90 bits per heavy atom. The van der Waals surface area contributed by atoms with Crippen molar-refractivity contribution in [3.8, 4) is 5.75 Å². The van der Waals surface area contributed by atoms with E-state index < -0.39 is 27.8 Å². The van der Waals surface area contributed by atoms with Gasteiger partial charge in [-0.3, -0.25) is 0 Å². The molecule has 1 aromatic rings. The van der Waals surface area contributed by atoms with Crippen LogP contribution >= 0.6 is 0 Å². The smallest absolute Gasteiger partial charge is 0.407 e. The van der Waals surface area contributed by atoms with Crippen LogP contribution in [0.25, 0.3) is 0 Å². The third kappa shape index (κ3) is 7.63. The summed E-state index contributed by atoms with van der Waals surface area (Å²) in [5.41, 5.74) is 0.0777. The van der Waals surface area contributed by atoms with Crippen molar-refractivity contribution >= 4 is 17.5 Å². The van der Waals surface area contributed by atoms with Crippen LogP contribution in [0.1, 0.15) is 79.3 Å². The summed E-state index contributed by atoms with van der Waals surface area (Å²) in [6.07, 6.45) is 1.66. The number of rotatable bonds is 6. The molecule has 0 spiro atoms. The zero-order valence-electron chi connectivity index (χ0n) is 19.0. The van der Waals surface area contributed by atoms with Crippen LogP contribution in [-0.2, 0) is 16.1 Å². The number of hydrogen-bond acceptors (Lipinski definition) is 5. The van der Waals surface area contributed by atoms with Gasteiger partial charge >= 0.3 is 6.09 Å². The van der Waals surface area contributed by atoms with E-state index in [1.54, 1.807) is 6.07 Å². The van der Waals surface area contributed by atoms with E-state index in [0.29, 0.717) is 17.7 Å². The van der Waals surface area contributed by atoms with Gasteiger partial charge < -0.3 is 19.3 Å². The number of carbonyl (C=O) groups is 1. The van der Waals surface area contributed by atoms with Crippen LogP contribution in [-0.4, -0.2) is 33.1 Å². The Bertz CT molecular complexity index is 733. The Hall–Kier alpha value is -1.51. The summed E-state index contributed by atoms with van der Waals surface area (Å²) in [7, 11) is 0. The molecule has 1 aliphatic rings. The number of amides is 1. The molecular weight excluding hydrogens is 407 g/mol. The zero-order valence-corrected chi connectivity index (χ0v) is 19.8. The van der Waals surface area contributed by atoms with Gasteiger partial charge in [-0.15, -0.1) is 4.72 Å². The SMILES string of the molecule is CC(N[S@@+]([O-])C(C)(C)C)c1cc(F)ccc1O[C@H]1CC[C@@H](NC(=O)OC(C)(C)C)C1. The van der Waals surface area contributed by atoms with E-state index >= 15 is 0 Å². The van der Waals surface area contributed by atoms with Crippen molar-refractivity contribution in [2.24, 2.45) is 0 Å². The van der Waals surface area contributed by atoms with Crippen LogP contribution in [0.15, 0.2) is 18.2 Å². The molecule has 8 heteroatoms. The van der Waals surface area contributed by atoms with E-state index in [9.17, 15) is 13.7 Å². The predicted molar refractivity (Wildman–Crippen MR) is 117 cm³/mol. The first-order valence-corrected chi connectivity index (χ1v) is 11.5. The number of halogens is 1. The fourth-order valence-corrected chi connectivity index (χ4v) is 4.00. The number of benzene rings is 1. The normalized spacial score (nSPS) is 21.8. The van der Waals surface area contributed by atoms with Gasteiger partial charge in [0.25, 0.3) is 0 Å². The Balaban J connectivity index is 2.01. The van der Waals surface area contributed by atoms with Gasteiger partial charge in [-0.2, -0.15) is 0 Å². The number of ether oxygens (including phenoxy) is 2. The van der Waals surface area contributed by atoms with Crippen LogP contribution in [0.3, 0.4) is 0 Å². The van der Waals surface area contributed by atoms with Gasteiger partial charge in [0.15, 0.2) is 0 Å². The number of hydrogen-bond donors (Lipinski definition) is 2. The molecule has 1 aliphatic carbocycles. The molecule has 0 bridgehead atoms. The molecule has 30 heavy (non-hydrogen) atoms. The highest BCUT2D eigenvalue weighted by molar-refractivity contribution is 7.90. The Morgan fingerprint density at radius 1 is 1.23 bits per heavy atom. The van der Waals surface area contributed by atoms with Crippen LogP contribution in [0, 0.1) is 5.82 Å². The van der Waals surface area contributed by atoms with Crippen molar-refractivity contribution in [2.75, 3.05) is 0 Å². The molecule has 1 saturated carbocycles. The van der Waals surface area contributed by atoms with Crippen LogP contribution in [0.4, 0.5) is 9.18 Å². The summed E-state index contributed by atoms with van der Waals surface area (Å²) in [5, 5.41) is 2.89. The molecule has 6 nitrogen and oxygen atoms in total. The van der Waals surface area contributed by atoms with Gasteiger partial charge in [0.2, 0.25) is 0 Å². The van der Waals surface area contributed by atoms with Crippen molar-refractivity contribution in [1.29, 1.82) is 0 Å². The van der Waals surface area contributed by atoms with E-state index in [1.165, 1.54) is 12.1 Å². The summed E-state index contributed by atoms with van der Waals surface area (Å²) in [6.45, 7) is 12.9. The number of nitrogens with one attached hydrogen (secondary N) is 2. The minimum Gasteiger partial charge on any atom is -0.598 e. The highest BCUT2D eigenvalue weighted by Crippen LogP contribution is 2.32. The molecule has 4 atom stereocenters. The molecule has 0 saturated heterocycles. The molecule has 1 unspecified atom stereocenters. The first kappa shape index (κ1) is 24.8. The summed E-state index contributed by atoms with van der Waals surface area (Å²) >= 11 is -1.30. The third-order valence-electron chi connectivity index (χ3n) is 4.68. The van der Waals surface area contributed by atoms with E-state index in [1.807, 2.05) is 48.5 Å². The van der Waals surface area contributed by atoms with Gasteiger partial charge in [0.05, 0.1) is 6.04 Å². The molecule has 170 valence electrons. The molecule has 2 N–H and O–H groups in total. The summed E-state index contributed by atoms with van der Waals surface area (Å²) in [4.78, 5) is 12.0. The highest BCUT2D eigenvalue weighted by Gasteiger charge is 2.32. The second kappa shape index (κ2) is 9.75. The monoisotopic (exact) mass is 442 g/mol. The molecule has 0 heterocycles. The Labute approximate surface area is 182 Å². The molecule has 0 radical (unpaired) electrons. The van der Waals surface area contributed by atoms with Crippen molar-refractivity contribution in [3.63, 3.8) is 0 Å². The van der Waals surface area contributed by atoms with E-state index in [4.69, 9.17) is 9.47 Å². The molecule has 0 aliphatic heterocycles. The third-order valence-corrected chi connectivity index (χ3v) is 6.36. The largest absolute Gasteiger partial charge is 0.598 e. The maximum atomic E-state index is 13.9. The topological polar surface area (TPSA) is 82.6 Å². The number of carbonyl (C=O) groups excluding carboxylic acids is 1. The zero-order chi connectivity index (χ0) is 22.7. The minimum absolute atomic E-state index is 0.0299. The van der Waals surface area contributed by atoms with Crippen LogP contribution < -0.4 is 14.8 Å². The van der Waals surface area contributed by atoms with Gasteiger partial charge in [0, 0.05) is 29.4 Å². The Kier molecular flexibility index (Phi) is 8.04. The lowest BCUT2D eigenvalue weighted by Gasteiger charge is -2.27. The number of alkyl carbamates (subject to hydrolysis) is 1. The minimum atomic E-state index is -1.30. The van der Waals surface area contributed by atoms with Crippen molar-refractivity contribution in [3.05, 3.63) is 29.6 Å². The second-order valence-electron chi connectivity index (χ2n) is 9.80. The van der Waals surface area contributed by atoms with Gasteiger partial charge in [-0.05, 0) is 79.5 Å². The fourth-order valence-electron chi connectivity index (χ4n) is 3.20. The molecule has 1 fully saturated rings. The van der Waals surface area contributed by atoms with Gasteiger partial charge in [-0.25, -0.2) is 9.18 Å². The standard InChI is InChI=1S/C22H35FN2O4S/c1-14(25-30(27)22(5,6)7)18-12-15(23)8-11-19(18)28-17-10-9-16(13-17)24-20(26)29-21(2,3)4/h8,11-12,14,16-17,25H,9-10,13H2,1-7H3,(H,24,26)/t14?,16-,17+,30+/m1/s1. The van der Waals surface area contributed by atoms with Crippen LogP contribution in [0.2, 0.25) is 0 Å². The van der Waals surface area contributed by atoms with E-state index in [2.05, 4.69) is 10.0 Å². The lowest BCUT2D eigenvalue weighted by molar-refractivity contribution is 0.0503. The maximum absolute atomic E-state index is 13.9. The van der Waals surface area contributed by atoms with Crippen LogP contribution in [0.5, 0.6) is 5.75 Å². The van der Waals surface area contributed by atoms with Crippen molar-refractivity contribution in [1.82, 2.24) is 10.0 Å². The summed E-state index contributed by atoms with van der Waals surface area (Å²) in [6, 6.07) is 4.00. The van der Waals surface area contributed by atoms with Gasteiger partial charge in [-0.1, -0.05) is 0 Å². The molecule has 1 amide bonds.